The summed E-state index contributed by atoms with van der Waals surface area (Å²) in [5.41, 5.74) is 2.55. The number of amides is 1. The number of hydrogen-bond acceptors (Lipinski definition) is 5. The largest absolute Gasteiger partial charge is 0.445 e. The molecule has 0 aromatic heterocycles. The molecule has 1 aliphatic heterocycles. The van der Waals surface area contributed by atoms with E-state index < -0.39 is 27.5 Å². The molecule has 0 aliphatic carbocycles. The van der Waals surface area contributed by atoms with E-state index in [-0.39, 0.29) is 22.8 Å². The number of ether oxygens (including phenoxy) is 1. The molecule has 1 saturated heterocycles. The summed E-state index contributed by atoms with van der Waals surface area (Å²) in [5, 5.41) is -0.670. The first-order chi connectivity index (χ1) is 17.1. The zero-order valence-corrected chi connectivity index (χ0v) is 22.4. The van der Waals surface area contributed by atoms with Crippen molar-refractivity contribution in [2.75, 3.05) is 6.54 Å². The fraction of sp³-hybridized carbons (Fsp3) is 0.321. The van der Waals surface area contributed by atoms with Gasteiger partial charge in [-0.3, -0.25) is 4.90 Å². The Labute approximate surface area is 219 Å². The fourth-order valence-corrected chi connectivity index (χ4v) is 6.33. The van der Waals surface area contributed by atoms with Crippen molar-refractivity contribution in [1.29, 1.82) is 0 Å². The standard InChI is InChI=1S/C28H32N2O4S2/c1-28(2,3)24-18-30(27(31)34-19-20-10-6-4-7-11-20)26(35)25(24)29-36(32,33)23-16-14-22(15-17-23)21-12-8-5-9-13-21/h4-17,24-26,29,35H,18-19H2,1-3H3. The molecule has 0 bridgehead atoms. The summed E-state index contributed by atoms with van der Waals surface area (Å²) >= 11 is 4.68. The summed E-state index contributed by atoms with van der Waals surface area (Å²) < 4.78 is 35.1. The molecule has 3 aromatic carbocycles. The van der Waals surface area contributed by atoms with Gasteiger partial charge in [0.25, 0.3) is 0 Å². The molecule has 3 aromatic rings. The molecule has 190 valence electrons. The molecule has 36 heavy (non-hydrogen) atoms. The molecular formula is C28H32N2O4S2. The molecule has 0 spiro atoms. The van der Waals surface area contributed by atoms with Crippen LogP contribution in [0.3, 0.4) is 0 Å². The van der Waals surface area contributed by atoms with Crippen LogP contribution < -0.4 is 4.72 Å². The zero-order chi connectivity index (χ0) is 25.9. The lowest BCUT2D eigenvalue weighted by atomic mass is 9.78. The quantitative estimate of drug-likeness (QED) is 0.414. The lowest BCUT2D eigenvalue weighted by Gasteiger charge is -2.32. The van der Waals surface area contributed by atoms with Gasteiger partial charge in [0.1, 0.15) is 6.61 Å². The van der Waals surface area contributed by atoms with Crippen molar-refractivity contribution in [2.45, 2.75) is 43.7 Å². The van der Waals surface area contributed by atoms with Gasteiger partial charge in [-0.15, -0.1) is 0 Å². The second-order valence-electron chi connectivity index (χ2n) is 10.1. The average molecular weight is 525 g/mol. The summed E-state index contributed by atoms with van der Waals surface area (Å²) in [5.74, 6) is -0.164. The maximum Gasteiger partial charge on any atom is 0.411 e. The maximum atomic E-state index is 13.4. The zero-order valence-electron chi connectivity index (χ0n) is 20.7. The number of hydrogen-bond donors (Lipinski definition) is 2. The Kier molecular flexibility index (Phi) is 7.78. The highest BCUT2D eigenvalue weighted by Crippen LogP contribution is 2.39. The number of sulfonamides is 1. The van der Waals surface area contributed by atoms with Crippen LogP contribution in [0, 0.1) is 11.3 Å². The number of benzene rings is 3. The van der Waals surface area contributed by atoms with Gasteiger partial charge in [-0.1, -0.05) is 93.6 Å². The molecule has 1 aliphatic rings. The van der Waals surface area contributed by atoms with Crippen LogP contribution in [-0.4, -0.2) is 37.4 Å². The molecule has 0 saturated carbocycles. The van der Waals surface area contributed by atoms with Crippen LogP contribution >= 0.6 is 12.6 Å². The lowest BCUT2D eigenvalue weighted by Crippen LogP contribution is -2.47. The van der Waals surface area contributed by atoms with Gasteiger partial charge in [-0.2, -0.15) is 12.6 Å². The topological polar surface area (TPSA) is 75.7 Å². The fourth-order valence-electron chi connectivity index (χ4n) is 4.48. The van der Waals surface area contributed by atoms with Crippen molar-refractivity contribution in [3.05, 3.63) is 90.5 Å². The Bertz CT molecular complexity index is 1270. The second kappa shape index (κ2) is 10.7. The summed E-state index contributed by atoms with van der Waals surface area (Å²) in [6, 6.07) is 25.4. The lowest BCUT2D eigenvalue weighted by molar-refractivity contribution is 0.0977. The number of carbonyl (C=O) groups is 1. The minimum absolute atomic E-state index is 0.140. The van der Waals surface area contributed by atoms with Gasteiger partial charge >= 0.3 is 6.09 Å². The van der Waals surface area contributed by atoms with E-state index in [1.54, 1.807) is 24.3 Å². The predicted octanol–water partition coefficient (Wildman–Crippen LogP) is 5.57. The van der Waals surface area contributed by atoms with Crippen LogP contribution in [0.5, 0.6) is 0 Å². The molecule has 1 N–H and O–H groups in total. The smallest absolute Gasteiger partial charge is 0.411 e. The van der Waals surface area contributed by atoms with E-state index in [1.807, 2.05) is 81.4 Å². The first-order valence-electron chi connectivity index (χ1n) is 11.9. The Morgan fingerprint density at radius 1 is 0.944 bits per heavy atom. The van der Waals surface area contributed by atoms with Gasteiger partial charge < -0.3 is 4.74 Å². The Morgan fingerprint density at radius 2 is 1.50 bits per heavy atom. The third-order valence-electron chi connectivity index (χ3n) is 6.58. The highest BCUT2D eigenvalue weighted by atomic mass is 32.2. The van der Waals surface area contributed by atoms with Crippen LogP contribution in [0.25, 0.3) is 11.1 Å². The molecule has 1 heterocycles. The van der Waals surface area contributed by atoms with E-state index in [1.165, 1.54) is 4.90 Å². The van der Waals surface area contributed by atoms with Crippen LogP contribution in [0.2, 0.25) is 0 Å². The van der Waals surface area contributed by atoms with Crippen molar-refractivity contribution < 1.29 is 17.9 Å². The van der Waals surface area contributed by atoms with Crippen LogP contribution in [-0.2, 0) is 21.4 Å². The Morgan fingerprint density at radius 3 is 2.08 bits per heavy atom. The summed E-state index contributed by atoms with van der Waals surface area (Å²) in [7, 11) is -3.85. The van der Waals surface area contributed by atoms with Crippen molar-refractivity contribution in [3.63, 3.8) is 0 Å². The van der Waals surface area contributed by atoms with Gasteiger partial charge in [-0.25, -0.2) is 17.9 Å². The molecule has 8 heteroatoms. The SMILES string of the molecule is CC(C)(C)C1CN(C(=O)OCc2ccccc2)C(S)C1NS(=O)(=O)c1ccc(-c2ccccc2)cc1. The van der Waals surface area contributed by atoms with Gasteiger partial charge in [0, 0.05) is 12.5 Å². The number of nitrogens with zero attached hydrogens (tertiary/aromatic N) is 1. The molecular weight excluding hydrogens is 492 g/mol. The summed E-state index contributed by atoms with van der Waals surface area (Å²) in [4.78, 5) is 14.6. The van der Waals surface area contributed by atoms with Crippen LogP contribution in [0.4, 0.5) is 4.79 Å². The van der Waals surface area contributed by atoms with E-state index in [0.29, 0.717) is 6.54 Å². The number of rotatable bonds is 6. The van der Waals surface area contributed by atoms with Gasteiger partial charge in [-0.05, 0) is 34.2 Å². The van der Waals surface area contributed by atoms with E-state index in [9.17, 15) is 13.2 Å². The molecule has 3 unspecified atom stereocenters. The van der Waals surface area contributed by atoms with E-state index in [2.05, 4.69) is 17.4 Å². The van der Waals surface area contributed by atoms with Crippen molar-refractivity contribution in [2.24, 2.45) is 11.3 Å². The van der Waals surface area contributed by atoms with Crippen LogP contribution in [0.1, 0.15) is 26.3 Å². The third-order valence-corrected chi connectivity index (χ3v) is 8.66. The average Bonchev–Trinajstić information content (AvgIpc) is 3.19. The van der Waals surface area contributed by atoms with Crippen LogP contribution in [0.15, 0.2) is 89.8 Å². The second-order valence-corrected chi connectivity index (χ2v) is 12.4. The van der Waals surface area contributed by atoms with E-state index >= 15 is 0 Å². The summed E-state index contributed by atoms with van der Waals surface area (Å²) in [6.45, 7) is 6.58. The first kappa shape index (κ1) is 26.3. The minimum Gasteiger partial charge on any atom is -0.445 e. The molecule has 6 nitrogen and oxygen atoms in total. The molecule has 0 radical (unpaired) electrons. The first-order valence-corrected chi connectivity index (χ1v) is 13.9. The maximum absolute atomic E-state index is 13.4. The predicted molar refractivity (Wildman–Crippen MR) is 145 cm³/mol. The molecule has 1 fully saturated rings. The molecule has 1 amide bonds. The van der Waals surface area contributed by atoms with E-state index in [4.69, 9.17) is 4.74 Å². The summed E-state index contributed by atoms with van der Waals surface area (Å²) in [6.07, 6.45) is -0.512. The van der Waals surface area contributed by atoms with Gasteiger partial charge in [0.15, 0.2) is 0 Å². The Hall–Kier alpha value is -2.81. The van der Waals surface area contributed by atoms with Crippen molar-refractivity contribution in [1.82, 2.24) is 9.62 Å². The third kappa shape index (κ3) is 5.94. The molecule has 3 atom stereocenters. The van der Waals surface area contributed by atoms with Crippen molar-refractivity contribution in [3.8, 4) is 11.1 Å². The normalized spacial score (nSPS) is 20.3. The highest BCUT2D eigenvalue weighted by Gasteiger charge is 2.49. The molecule has 4 rings (SSSR count). The van der Waals surface area contributed by atoms with Crippen molar-refractivity contribution >= 4 is 28.7 Å². The monoisotopic (exact) mass is 524 g/mol. The van der Waals surface area contributed by atoms with E-state index in [0.717, 1.165) is 16.7 Å². The number of nitrogens with one attached hydrogen (secondary N) is 1. The minimum atomic E-state index is -3.85. The highest BCUT2D eigenvalue weighted by molar-refractivity contribution is 7.89. The number of likely N-dealkylation sites (tertiary alicyclic amines) is 1. The van der Waals surface area contributed by atoms with Gasteiger partial charge in [0.05, 0.1) is 16.3 Å². The van der Waals surface area contributed by atoms with Gasteiger partial charge in [0.2, 0.25) is 10.0 Å². The number of thiol groups is 1. The Balaban J connectivity index is 1.51. The number of carbonyl (C=O) groups excluding carboxylic acids is 1.